The molecule has 1 aromatic rings. The van der Waals surface area contributed by atoms with Gasteiger partial charge in [-0.2, -0.15) is 0 Å². The first-order chi connectivity index (χ1) is 6.07. The highest BCUT2D eigenvalue weighted by molar-refractivity contribution is 14.1. The van der Waals surface area contributed by atoms with Crippen LogP contribution in [0.15, 0.2) is 6.20 Å². The Balaban J connectivity index is 3.30. The predicted molar refractivity (Wildman–Crippen MR) is 60.6 cm³/mol. The van der Waals surface area contributed by atoms with E-state index in [9.17, 15) is 8.78 Å². The van der Waals surface area contributed by atoms with Crippen LogP contribution in [0.5, 0.6) is 0 Å². The van der Waals surface area contributed by atoms with Gasteiger partial charge >= 0.3 is 0 Å². The van der Waals surface area contributed by atoms with Gasteiger partial charge in [-0.25, -0.2) is 13.8 Å². The van der Waals surface area contributed by atoms with Gasteiger partial charge in [0.1, 0.15) is 3.70 Å². The van der Waals surface area contributed by atoms with Gasteiger partial charge in [-0.05, 0) is 45.2 Å². The highest BCUT2D eigenvalue weighted by Gasteiger charge is 2.17. The minimum absolute atomic E-state index is 0.188. The molecule has 6 heteroatoms. The van der Waals surface area contributed by atoms with Gasteiger partial charge in [0.05, 0.1) is 10.2 Å². The quantitative estimate of drug-likeness (QED) is 0.600. The predicted octanol–water partition coefficient (Wildman–Crippen LogP) is 2.72. The molecular formula is C7H5F2I2NO. The number of aliphatic hydroxyl groups excluding tert-OH is 1. The van der Waals surface area contributed by atoms with Gasteiger partial charge < -0.3 is 5.11 Å². The van der Waals surface area contributed by atoms with Crippen molar-refractivity contribution in [2.24, 2.45) is 0 Å². The Morgan fingerprint density at radius 2 is 2.08 bits per heavy atom. The van der Waals surface area contributed by atoms with Gasteiger partial charge in [-0.1, -0.05) is 0 Å². The molecule has 72 valence electrons. The molecule has 1 heterocycles. The molecule has 0 saturated carbocycles. The Kier molecular flexibility index (Phi) is 4.23. The van der Waals surface area contributed by atoms with Crippen molar-refractivity contribution in [3.8, 4) is 0 Å². The zero-order valence-electron chi connectivity index (χ0n) is 6.27. The molecule has 0 atom stereocenters. The van der Waals surface area contributed by atoms with Crippen LogP contribution in [0.3, 0.4) is 0 Å². The summed E-state index contributed by atoms with van der Waals surface area (Å²) < 4.78 is 26.0. The van der Waals surface area contributed by atoms with Crippen LogP contribution >= 0.6 is 45.2 Å². The van der Waals surface area contributed by atoms with E-state index in [0.717, 1.165) is 6.20 Å². The van der Waals surface area contributed by atoms with E-state index in [4.69, 9.17) is 5.11 Å². The monoisotopic (exact) mass is 411 g/mol. The van der Waals surface area contributed by atoms with Gasteiger partial charge in [-0.3, -0.25) is 0 Å². The number of aromatic nitrogens is 1. The van der Waals surface area contributed by atoms with Crippen LogP contribution in [0.4, 0.5) is 8.78 Å². The van der Waals surface area contributed by atoms with Crippen molar-refractivity contribution in [3.05, 3.63) is 24.6 Å². The lowest BCUT2D eigenvalue weighted by Gasteiger charge is -2.08. The summed E-state index contributed by atoms with van der Waals surface area (Å²) in [6, 6.07) is 0. The van der Waals surface area contributed by atoms with Gasteiger partial charge in [0, 0.05) is 17.3 Å². The number of alkyl halides is 2. The number of rotatable bonds is 2. The molecule has 0 bridgehead atoms. The summed E-state index contributed by atoms with van der Waals surface area (Å²) in [7, 11) is 0. The molecule has 1 rings (SSSR count). The minimum Gasteiger partial charge on any atom is -0.392 e. The van der Waals surface area contributed by atoms with Gasteiger partial charge in [0.2, 0.25) is 0 Å². The summed E-state index contributed by atoms with van der Waals surface area (Å²) in [5, 5.41) is 8.90. The van der Waals surface area contributed by atoms with Crippen molar-refractivity contribution < 1.29 is 13.9 Å². The second kappa shape index (κ2) is 4.78. The molecule has 0 saturated heterocycles. The lowest BCUT2D eigenvalue weighted by molar-refractivity contribution is 0.146. The van der Waals surface area contributed by atoms with E-state index in [1.165, 1.54) is 0 Å². The first kappa shape index (κ1) is 11.5. The first-order valence-corrected chi connectivity index (χ1v) is 5.45. The molecule has 2 nitrogen and oxygen atoms in total. The molecule has 0 aliphatic heterocycles. The fourth-order valence-corrected chi connectivity index (χ4v) is 1.95. The standard InChI is InChI=1S/C7H5F2I2NO/c8-6(9)3-1-12-7(11)5(10)4(3)2-13/h1,6,13H,2H2. The molecule has 0 aromatic carbocycles. The van der Waals surface area contributed by atoms with Gasteiger partial charge in [0.25, 0.3) is 6.43 Å². The summed E-state index contributed by atoms with van der Waals surface area (Å²) in [6.45, 7) is -0.379. The van der Waals surface area contributed by atoms with Crippen molar-refractivity contribution in [1.29, 1.82) is 0 Å². The smallest absolute Gasteiger partial charge is 0.265 e. The van der Waals surface area contributed by atoms with Crippen LogP contribution in [0.25, 0.3) is 0 Å². The number of hydrogen-bond acceptors (Lipinski definition) is 2. The van der Waals surface area contributed by atoms with Crippen molar-refractivity contribution in [1.82, 2.24) is 4.98 Å². The third kappa shape index (κ3) is 2.46. The Morgan fingerprint density at radius 1 is 1.46 bits per heavy atom. The number of halogens is 4. The van der Waals surface area contributed by atoms with E-state index in [1.807, 2.05) is 45.2 Å². The number of hydrogen-bond donors (Lipinski definition) is 1. The van der Waals surface area contributed by atoms with E-state index in [0.29, 0.717) is 7.27 Å². The third-order valence-electron chi connectivity index (χ3n) is 1.50. The largest absolute Gasteiger partial charge is 0.392 e. The number of nitrogens with zero attached hydrogens (tertiary/aromatic N) is 1. The summed E-state index contributed by atoms with van der Waals surface area (Å²) in [4.78, 5) is 3.80. The Bertz CT molecular complexity index is 320. The molecule has 0 spiro atoms. The van der Waals surface area contributed by atoms with E-state index in [-0.39, 0.29) is 17.7 Å². The SMILES string of the molecule is OCc1c(C(F)F)cnc(I)c1I. The maximum absolute atomic E-state index is 12.4. The van der Waals surface area contributed by atoms with Crippen molar-refractivity contribution >= 4 is 45.2 Å². The lowest BCUT2D eigenvalue weighted by Crippen LogP contribution is -2.02. The van der Waals surface area contributed by atoms with Crippen molar-refractivity contribution in [2.75, 3.05) is 0 Å². The van der Waals surface area contributed by atoms with Crippen LogP contribution in [0, 0.1) is 7.27 Å². The average molecular weight is 411 g/mol. The number of aliphatic hydroxyl groups is 1. The van der Waals surface area contributed by atoms with E-state index in [2.05, 4.69) is 4.98 Å². The van der Waals surface area contributed by atoms with Gasteiger partial charge in [0.15, 0.2) is 0 Å². The molecule has 1 aromatic heterocycles. The van der Waals surface area contributed by atoms with Crippen LogP contribution in [-0.4, -0.2) is 10.1 Å². The van der Waals surface area contributed by atoms with Crippen LogP contribution in [0.1, 0.15) is 17.6 Å². The molecule has 0 radical (unpaired) electrons. The zero-order chi connectivity index (χ0) is 10.0. The summed E-state index contributed by atoms with van der Waals surface area (Å²) in [5.41, 5.74) is 0.0855. The van der Waals surface area contributed by atoms with E-state index in [1.54, 1.807) is 0 Å². The van der Waals surface area contributed by atoms with Crippen molar-refractivity contribution in [2.45, 2.75) is 13.0 Å². The van der Waals surface area contributed by atoms with Crippen LogP contribution < -0.4 is 0 Å². The maximum atomic E-state index is 12.4. The first-order valence-electron chi connectivity index (χ1n) is 3.29. The van der Waals surface area contributed by atoms with E-state index >= 15 is 0 Å². The average Bonchev–Trinajstić information content (AvgIpc) is 2.09. The van der Waals surface area contributed by atoms with Crippen LogP contribution in [0.2, 0.25) is 0 Å². The zero-order valence-corrected chi connectivity index (χ0v) is 10.6. The molecule has 0 aliphatic carbocycles. The highest BCUT2D eigenvalue weighted by atomic mass is 127. The summed E-state index contributed by atoms with van der Waals surface area (Å²) >= 11 is 3.84. The van der Waals surface area contributed by atoms with Crippen molar-refractivity contribution in [3.63, 3.8) is 0 Å². The fraction of sp³-hybridized carbons (Fsp3) is 0.286. The lowest BCUT2D eigenvalue weighted by atomic mass is 10.1. The second-order valence-corrected chi connectivity index (χ2v) is 4.36. The Morgan fingerprint density at radius 3 is 2.54 bits per heavy atom. The molecule has 0 amide bonds. The normalized spacial score (nSPS) is 10.9. The topological polar surface area (TPSA) is 33.1 Å². The maximum Gasteiger partial charge on any atom is 0.265 e. The summed E-state index contributed by atoms with van der Waals surface area (Å²) in [5.74, 6) is 0. The molecular weight excluding hydrogens is 406 g/mol. The summed E-state index contributed by atoms with van der Waals surface area (Å²) in [6.07, 6.45) is -1.47. The molecule has 13 heavy (non-hydrogen) atoms. The number of pyridine rings is 1. The Labute approximate surface area is 101 Å². The highest BCUT2D eigenvalue weighted by Crippen LogP contribution is 2.27. The van der Waals surface area contributed by atoms with Crippen LogP contribution in [-0.2, 0) is 6.61 Å². The van der Waals surface area contributed by atoms with Gasteiger partial charge in [-0.15, -0.1) is 0 Å². The molecule has 1 N–H and O–H groups in total. The minimum atomic E-state index is -2.58. The fourth-order valence-electron chi connectivity index (χ4n) is 0.861. The molecule has 0 aliphatic rings. The Hall–Kier alpha value is 0.430. The molecule has 0 fully saturated rings. The third-order valence-corrected chi connectivity index (χ3v) is 4.52. The van der Waals surface area contributed by atoms with E-state index < -0.39 is 6.43 Å². The second-order valence-electron chi connectivity index (χ2n) is 2.26. The molecule has 0 unspecified atom stereocenters.